The minimum Gasteiger partial charge on any atom is -0.506 e. The van der Waals surface area contributed by atoms with Crippen LogP contribution >= 0.6 is 12.0 Å². The van der Waals surface area contributed by atoms with Crippen molar-refractivity contribution in [3.05, 3.63) is 105 Å². The number of hydrogen-bond acceptors (Lipinski definition) is 14. The number of carbonyl (C=O) groups excluding carboxylic acids is 3. The van der Waals surface area contributed by atoms with E-state index in [1.54, 1.807) is 36.4 Å². The number of halogens is 1. The molecule has 0 spiro atoms. The Bertz CT molecular complexity index is 2240. The fourth-order valence-electron chi connectivity index (χ4n) is 7.15. The van der Waals surface area contributed by atoms with Crippen molar-refractivity contribution in [3.8, 4) is 17.2 Å². The third kappa shape index (κ3) is 10.7. The number of allylic oxidation sites excluding steroid dienone is 3. The van der Waals surface area contributed by atoms with Crippen LogP contribution in [0.3, 0.4) is 0 Å². The van der Waals surface area contributed by atoms with E-state index >= 15 is 0 Å². The quantitative estimate of drug-likeness (QED) is 0.0149. The van der Waals surface area contributed by atoms with Crippen molar-refractivity contribution >= 4 is 52.3 Å². The maximum Gasteiger partial charge on any atom is 0.279 e. The topological polar surface area (TPSA) is 228 Å². The highest BCUT2D eigenvalue weighted by atomic mass is 32.2. The molecule has 0 aromatic heterocycles. The number of aliphatic hydroxyl groups excluding tert-OH is 2. The summed E-state index contributed by atoms with van der Waals surface area (Å²) >= 11 is 0.572. The molecule has 19 heteroatoms. The van der Waals surface area contributed by atoms with E-state index in [4.69, 9.17) is 19.5 Å². The molecule has 3 aromatic carbocycles. The summed E-state index contributed by atoms with van der Waals surface area (Å²) < 4.78 is 37.0. The number of nitro groups is 1. The Hall–Kier alpha value is -5.86. The molecular formula is C42H48FN4O13S+. The van der Waals surface area contributed by atoms with Gasteiger partial charge in [0, 0.05) is 42.6 Å². The van der Waals surface area contributed by atoms with Gasteiger partial charge in [0.1, 0.15) is 36.5 Å². The number of aliphatic hydroxyl groups is 2. The number of amides is 2. The minimum atomic E-state index is -1.14. The summed E-state index contributed by atoms with van der Waals surface area (Å²) in [5.41, 5.74) is 2.05. The number of hydrogen-bond donors (Lipinski definition) is 5. The summed E-state index contributed by atoms with van der Waals surface area (Å²) in [6.07, 6.45) is 2.20. The number of nitrogens with one attached hydrogen (secondary N) is 2. The van der Waals surface area contributed by atoms with Crippen LogP contribution in [0.2, 0.25) is 0 Å². The molecule has 0 bridgehead atoms. The van der Waals surface area contributed by atoms with Crippen molar-refractivity contribution in [1.82, 2.24) is 10.6 Å². The van der Waals surface area contributed by atoms with Crippen LogP contribution in [0.4, 0.5) is 15.8 Å². The smallest absolute Gasteiger partial charge is 0.279 e. The highest BCUT2D eigenvalue weighted by molar-refractivity contribution is 7.94. The molecule has 0 fully saturated rings. The first kappa shape index (κ1) is 46.2. The second-order valence-corrected chi connectivity index (χ2v) is 15.4. The van der Waals surface area contributed by atoms with Crippen molar-refractivity contribution in [2.75, 3.05) is 39.7 Å². The SMILES string of the molecule is COc1ccc(C2=C(O)/C(=C/C3=[N+](CCCCCC(=O)NC(CSOOO)C(=O)NCCOc4cc([N+](=O)[O-])c(C(C)O)cc4OC)c4ccc(F)cc4C3(C)C)C2=O)cc1. The Morgan fingerprint density at radius 1 is 1.05 bits per heavy atom. The number of nitrogens with zero attached hydrogens (tertiary/aromatic N) is 2. The average Bonchev–Trinajstić information content (AvgIpc) is 3.44. The number of benzene rings is 3. The van der Waals surface area contributed by atoms with E-state index in [9.17, 15) is 39.1 Å². The largest absolute Gasteiger partial charge is 0.506 e. The van der Waals surface area contributed by atoms with E-state index in [1.165, 1.54) is 39.3 Å². The third-order valence-electron chi connectivity index (χ3n) is 10.3. The molecule has 17 nitrogen and oxygen atoms in total. The van der Waals surface area contributed by atoms with E-state index in [0.717, 1.165) is 17.3 Å². The predicted octanol–water partition coefficient (Wildman–Crippen LogP) is 5.97. The van der Waals surface area contributed by atoms with Crippen molar-refractivity contribution < 1.29 is 67.3 Å². The van der Waals surface area contributed by atoms with Crippen molar-refractivity contribution in [2.24, 2.45) is 0 Å². The molecule has 1 heterocycles. The summed E-state index contributed by atoms with van der Waals surface area (Å²) in [4.78, 5) is 50.4. The first-order valence-electron chi connectivity index (χ1n) is 19.3. The predicted molar refractivity (Wildman–Crippen MR) is 221 cm³/mol. The molecule has 2 aliphatic rings. The molecular weight excluding hydrogens is 820 g/mol. The first-order valence-corrected chi connectivity index (χ1v) is 20.2. The van der Waals surface area contributed by atoms with Crippen LogP contribution in [0.5, 0.6) is 17.2 Å². The van der Waals surface area contributed by atoms with E-state index in [2.05, 4.69) is 20.0 Å². The van der Waals surface area contributed by atoms with Gasteiger partial charge in [-0.15, -0.1) is 4.33 Å². The zero-order chi connectivity index (χ0) is 44.4. The summed E-state index contributed by atoms with van der Waals surface area (Å²) in [6, 6.07) is 12.6. The average molecular weight is 868 g/mol. The second kappa shape index (κ2) is 20.6. The lowest BCUT2D eigenvalue weighted by Crippen LogP contribution is -2.49. The minimum absolute atomic E-state index is 0.0173. The van der Waals surface area contributed by atoms with Crippen molar-refractivity contribution in [3.63, 3.8) is 0 Å². The number of carbonyl (C=O) groups is 3. The van der Waals surface area contributed by atoms with Gasteiger partial charge in [-0.25, -0.2) is 9.65 Å². The van der Waals surface area contributed by atoms with Crippen LogP contribution < -0.4 is 24.8 Å². The molecule has 61 heavy (non-hydrogen) atoms. The Morgan fingerprint density at radius 2 is 1.79 bits per heavy atom. The normalized spacial score (nSPS) is 15.9. The molecule has 2 unspecified atom stereocenters. The van der Waals surface area contributed by atoms with Gasteiger partial charge in [0.05, 0.1) is 65.7 Å². The van der Waals surface area contributed by atoms with Gasteiger partial charge in [0.25, 0.3) is 5.69 Å². The monoisotopic (exact) mass is 867 g/mol. The van der Waals surface area contributed by atoms with Gasteiger partial charge < -0.3 is 35.1 Å². The lowest BCUT2D eigenvalue weighted by molar-refractivity contribution is -0.438. The number of unbranched alkanes of at least 4 members (excludes halogenated alkanes) is 2. The molecule has 5 rings (SSSR count). The van der Waals surface area contributed by atoms with Gasteiger partial charge in [-0.3, -0.25) is 24.5 Å². The van der Waals surface area contributed by atoms with Gasteiger partial charge in [0.15, 0.2) is 17.2 Å². The summed E-state index contributed by atoms with van der Waals surface area (Å²) in [5, 5.41) is 50.0. The number of methoxy groups -OCH3 is 2. The lowest BCUT2D eigenvalue weighted by Gasteiger charge is -2.23. The standard InChI is InChI=1S/C42H47FN4O13S/c1-24(48)28-20-34(57-5)35(22-33(28)47(53)54)58-18-16-44-41(52)31(23-61-60-59-55)45-37(49)9-7-6-8-17-46-32-15-12-26(43)19-30(32)42(2,3)36(46)21-29-39(50)38(40(29)51)25-10-13-27(56-4)14-11-25/h10-15,19-22,24,31,48H,6-9,16-18,23H2,1-5H3,(H3-,44,45,49,50,51,52,55)/p+1. The van der Waals surface area contributed by atoms with Crippen molar-refractivity contribution in [1.29, 1.82) is 0 Å². The first-order chi connectivity index (χ1) is 29.1. The molecule has 5 N–H and O–H groups in total. The van der Waals surface area contributed by atoms with Gasteiger partial charge in [-0.2, -0.15) is 4.58 Å². The van der Waals surface area contributed by atoms with E-state index < -0.39 is 40.1 Å². The summed E-state index contributed by atoms with van der Waals surface area (Å²) in [7, 11) is 2.87. The Kier molecular flexibility index (Phi) is 15.6. The van der Waals surface area contributed by atoms with Crippen LogP contribution in [-0.4, -0.2) is 94.0 Å². The maximum atomic E-state index is 14.5. The fraction of sp³-hybridized carbons (Fsp3) is 0.381. The molecule has 0 saturated carbocycles. The van der Waals surface area contributed by atoms with E-state index in [-0.39, 0.29) is 70.8 Å². The molecule has 3 aromatic rings. The Labute approximate surface area is 355 Å². The highest BCUT2D eigenvalue weighted by Gasteiger charge is 2.47. The lowest BCUT2D eigenvalue weighted by atomic mass is 9.77. The van der Waals surface area contributed by atoms with E-state index in [1.807, 2.05) is 18.4 Å². The van der Waals surface area contributed by atoms with Crippen molar-refractivity contribution in [2.45, 2.75) is 64.0 Å². The number of Topliss-reactive ketones (excluding diaryl/α,β-unsaturated/α-hetero) is 1. The second-order valence-electron chi connectivity index (χ2n) is 14.7. The Balaban J connectivity index is 1.19. The van der Waals surface area contributed by atoms with Gasteiger partial charge >= 0.3 is 0 Å². The summed E-state index contributed by atoms with van der Waals surface area (Å²) in [6.45, 7) is 5.47. The van der Waals surface area contributed by atoms with Crippen LogP contribution in [0, 0.1) is 15.9 Å². The number of ether oxygens (including phenoxy) is 3. The molecule has 0 saturated heterocycles. The van der Waals surface area contributed by atoms with Gasteiger partial charge in [-0.1, -0.05) is 17.2 Å². The summed E-state index contributed by atoms with van der Waals surface area (Å²) in [5.74, 6) is -1.28. The van der Waals surface area contributed by atoms with Crippen LogP contribution in [-0.2, 0) is 29.2 Å². The molecule has 326 valence electrons. The number of rotatable bonds is 22. The van der Waals surface area contributed by atoms with Crippen LogP contribution in [0.1, 0.15) is 69.2 Å². The third-order valence-corrected chi connectivity index (χ3v) is 11.0. The Morgan fingerprint density at radius 3 is 2.43 bits per heavy atom. The number of ketones is 1. The molecule has 2 atom stereocenters. The zero-order valence-electron chi connectivity index (χ0n) is 34.2. The van der Waals surface area contributed by atoms with Gasteiger partial charge in [-0.05, 0) is 69.5 Å². The molecule has 1 aliphatic carbocycles. The number of nitro benzene ring substituents is 1. The molecule has 1 aliphatic heterocycles. The maximum absolute atomic E-state index is 14.5. The fourth-order valence-corrected chi connectivity index (χ4v) is 7.62. The van der Waals surface area contributed by atoms with Crippen LogP contribution in [0.15, 0.2) is 72.0 Å². The van der Waals surface area contributed by atoms with E-state index in [0.29, 0.717) is 54.9 Å². The van der Waals surface area contributed by atoms with Gasteiger partial charge in [0.2, 0.25) is 23.3 Å². The number of fused-ring (bicyclic) bond motifs is 1. The highest BCUT2D eigenvalue weighted by Crippen LogP contribution is 2.43. The van der Waals surface area contributed by atoms with Crippen LogP contribution in [0.25, 0.3) is 5.57 Å². The molecule has 0 radical (unpaired) electrons. The zero-order valence-corrected chi connectivity index (χ0v) is 35.0. The molecule has 2 amide bonds.